The number of esters is 1. The zero-order valence-electron chi connectivity index (χ0n) is 49.9. The van der Waals surface area contributed by atoms with E-state index in [1.165, 1.54) is 321 Å². The molecule has 6 nitrogen and oxygen atoms in total. The fraction of sp³-hybridized carbons (Fsp3) is 0.970. The molecule has 6 heteroatoms. The van der Waals surface area contributed by atoms with Gasteiger partial charge >= 0.3 is 5.97 Å². The Hall–Kier alpha value is -1.14. The molecular formula is C67H133NO5. The van der Waals surface area contributed by atoms with Gasteiger partial charge in [0.05, 0.1) is 25.4 Å². The summed E-state index contributed by atoms with van der Waals surface area (Å²) in [5.74, 6) is -0.00955. The Balaban J connectivity index is 3.33. The number of rotatable bonds is 64. The van der Waals surface area contributed by atoms with Crippen molar-refractivity contribution in [1.29, 1.82) is 0 Å². The monoisotopic (exact) mass is 1030 g/mol. The predicted octanol–water partition coefficient (Wildman–Crippen LogP) is 21.4. The molecule has 0 radical (unpaired) electrons. The highest BCUT2D eigenvalue weighted by atomic mass is 16.5. The van der Waals surface area contributed by atoms with Gasteiger partial charge < -0.3 is 20.3 Å². The normalized spacial score (nSPS) is 12.4. The molecule has 0 saturated carbocycles. The smallest absolute Gasteiger partial charge is 0.305 e. The van der Waals surface area contributed by atoms with E-state index in [2.05, 4.69) is 19.2 Å². The molecule has 0 aromatic carbocycles. The molecule has 73 heavy (non-hydrogen) atoms. The number of carbonyl (C=O) groups is 2. The third-order valence-electron chi connectivity index (χ3n) is 16.2. The topological polar surface area (TPSA) is 95.9 Å². The third kappa shape index (κ3) is 60.0. The van der Waals surface area contributed by atoms with Crippen molar-refractivity contribution in [2.75, 3.05) is 13.2 Å². The van der Waals surface area contributed by atoms with Crippen LogP contribution >= 0.6 is 0 Å². The first-order valence-electron chi connectivity index (χ1n) is 33.8. The average molecular weight is 1030 g/mol. The van der Waals surface area contributed by atoms with Gasteiger partial charge in [-0.3, -0.25) is 9.59 Å². The molecule has 0 aliphatic carbocycles. The van der Waals surface area contributed by atoms with Crippen molar-refractivity contribution >= 4 is 11.9 Å². The van der Waals surface area contributed by atoms with Crippen LogP contribution in [0.2, 0.25) is 0 Å². The Morgan fingerprint density at radius 2 is 0.562 bits per heavy atom. The Morgan fingerprint density at radius 3 is 0.836 bits per heavy atom. The van der Waals surface area contributed by atoms with Gasteiger partial charge in [0.2, 0.25) is 5.91 Å². The first-order valence-corrected chi connectivity index (χ1v) is 33.8. The second kappa shape index (κ2) is 63.4. The summed E-state index contributed by atoms with van der Waals surface area (Å²) in [7, 11) is 0. The lowest BCUT2D eigenvalue weighted by Crippen LogP contribution is -2.45. The van der Waals surface area contributed by atoms with Crippen molar-refractivity contribution in [2.24, 2.45) is 0 Å². The number of ether oxygens (including phenoxy) is 1. The van der Waals surface area contributed by atoms with Gasteiger partial charge in [-0.15, -0.1) is 0 Å². The van der Waals surface area contributed by atoms with Crippen LogP contribution in [0, 0.1) is 0 Å². The summed E-state index contributed by atoms with van der Waals surface area (Å²) in [5.41, 5.74) is 0. The first-order chi connectivity index (χ1) is 36.0. The highest BCUT2D eigenvalue weighted by Gasteiger charge is 2.20. The van der Waals surface area contributed by atoms with Crippen molar-refractivity contribution in [1.82, 2.24) is 5.32 Å². The van der Waals surface area contributed by atoms with Gasteiger partial charge in [-0.1, -0.05) is 354 Å². The molecule has 0 spiro atoms. The molecule has 0 rings (SSSR count). The van der Waals surface area contributed by atoms with Crippen molar-refractivity contribution in [3.05, 3.63) is 0 Å². The largest absolute Gasteiger partial charge is 0.466 e. The molecule has 436 valence electrons. The molecule has 2 atom stereocenters. The molecular weight excluding hydrogens is 899 g/mol. The zero-order chi connectivity index (χ0) is 52.9. The summed E-state index contributed by atoms with van der Waals surface area (Å²) in [6, 6.07) is -0.539. The van der Waals surface area contributed by atoms with Crippen LogP contribution in [0.4, 0.5) is 0 Å². The molecule has 0 saturated heterocycles. The van der Waals surface area contributed by atoms with Crippen LogP contribution in [-0.4, -0.2) is 47.4 Å². The molecule has 2 unspecified atom stereocenters. The minimum Gasteiger partial charge on any atom is -0.466 e. The number of aliphatic hydroxyl groups excluding tert-OH is 2. The summed E-state index contributed by atoms with van der Waals surface area (Å²) in [4.78, 5) is 24.6. The van der Waals surface area contributed by atoms with E-state index in [1.807, 2.05) is 0 Å². The van der Waals surface area contributed by atoms with Crippen LogP contribution in [0.15, 0.2) is 0 Å². The third-order valence-corrected chi connectivity index (χ3v) is 16.2. The van der Waals surface area contributed by atoms with E-state index in [9.17, 15) is 19.8 Å². The van der Waals surface area contributed by atoms with Crippen LogP contribution in [0.3, 0.4) is 0 Å². The quantitative estimate of drug-likeness (QED) is 0.0417. The highest BCUT2D eigenvalue weighted by molar-refractivity contribution is 5.76. The number of nitrogens with one attached hydrogen (secondary N) is 1. The maximum Gasteiger partial charge on any atom is 0.305 e. The number of hydrogen-bond acceptors (Lipinski definition) is 5. The van der Waals surface area contributed by atoms with E-state index in [0.29, 0.717) is 25.9 Å². The summed E-state index contributed by atoms with van der Waals surface area (Å²) in [5, 5.41) is 23.3. The summed E-state index contributed by atoms with van der Waals surface area (Å²) in [6.07, 6.45) is 75.6. The molecule has 0 bridgehead atoms. The molecule has 0 fully saturated rings. The van der Waals surface area contributed by atoms with Gasteiger partial charge in [-0.05, 0) is 25.7 Å². The summed E-state index contributed by atoms with van der Waals surface area (Å²) < 4.78 is 5.51. The maximum absolute atomic E-state index is 12.5. The van der Waals surface area contributed by atoms with Gasteiger partial charge in [0, 0.05) is 12.8 Å². The van der Waals surface area contributed by atoms with Gasteiger partial charge in [0.1, 0.15) is 0 Å². The van der Waals surface area contributed by atoms with Crippen molar-refractivity contribution in [2.45, 2.75) is 405 Å². The number of aliphatic hydroxyl groups is 2. The fourth-order valence-electron chi connectivity index (χ4n) is 11.0. The van der Waals surface area contributed by atoms with Crippen LogP contribution < -0.4 is 5.32 Å². The SMILES string of the molecule is CCCCCCCCCCCCCCCCCCCC(=O)OCCCCCCCCCCCCCCCCCCCCCCCCCCC(=O)NC(CO)C(O)CCCCCCCCCCCCCCCCC. The molecule has 0 aromatic heterocycles. The molecule has 1 amide bonds. The summed E-state index contributed by atoms with van der Waals surface area (Å²) in [6.45, 7) is 5.00. The molecule has 0 aliphatic rings. The number of amides is 1. The van der Waals surface area contributed by atoms with Gasteiger partial charge in [0.25, 0.3) is 0 Å². The van der Waals surface area contributed by atoms with Crippen LogP contribution in [0.5, 0.6) is 0 Å². The minimum absolute atomic E-state index is 0.0207. The van der Waals surface area contributed by atoms with Crippen molar-refractivity contribution in [3.8, 4) is 0 Å². The van der Waals surface area contributed by atoms with Crippen LogP contribution in [0.25, 0.3) is 0 Å². The first kappa shape index (κ1) is 71.9. The van der Waals surface area contributed by atoms with E-state index in [-0.39, 0.29) is 18.5 Å². The summed E-state index contributed by atoms with van der Waals surface area (Å²) >= 11 is 0. The van der Waals surface area contributed by atoms with Crippen molar-refractivity contribution in [3.63, 3.8) is 0 Å². The number of unbranched alkanes of at least 4 members (excludes halogenated alkanes) is 53. The van der Waals surface area contributed by atoms with E-state index in [0.717, 1.165) is 38.5 Å². The van der Waals surface area contributed by atoms with Gasteiger partial charge in [0.15, 0.2) is 0 Å². The second-order valence-electron chi connectivity index (χ2n) is 23.5. The Bertz CT molecular complexity index is 1050. The predicted molar refractivity (Wildman–Crippen MR) is 320 cm³/mol. The van der Waals surface area contributed by atoms with Gasteiger partial charge in [-0.25, -0.2) is 0 Å². The van der Waals surface area contributed by atoms with E-state index < -0.39 is 12.1 Å². The Kier molecular flexibility index (Phi) is 62.4. The fourth-order valence-corrected chi connectivity index (χ4v) is 11.0. The second-order valence-corrected chi connectivity index (χ2v) is 23.5. The molecule has 0 heterocycles. The standard InChI is InChI=1S/C67H133NO5/c1-3-5-7-9-11-13-15-17-19-28-33-37-41-45-49-53-57-61-67(72)73-62-58-54-50-46-42-38-34-30-27-25-23-21-20-22-24-26-29-32-36-40-44-48-52-56-60-66(71)68-64(63-69)65(70)59-55-51-47-43-39-35-31-18-16-14-12-10-8-6-4-2/h64-65,69-70H,3-63H2,1-2H3,(H,68,71). The lowest BCUT2D eigenvalue weighted by atomic mass is 10.0. The number of carbonyl (C=O) groups excluding carboxylic acids is 2. The van der Waals surface area contributed by atoms with Crippen LogP contribution in [-0.2, 0) is 14.3 Å². The lowest BCUT2D eigenvalue weighted by Gasteiger charge is -2.22. The highest BCUT2D eigenvalue weighted by Crippen LogP contribution is 2.19. The maximum atomic E-state index is 12.5. The minimum atomic E-state index is -0.662. The van der Waals surface area contributed by atoms with E-state index in [4.69, 9.17) is 4.74 Å². The Labute approximate surface area is 457 Å². The average Bonchev–Trinajstić information content (AvgIpc) is 3.39. The van der Waals surface area contributed by atoms with E-state index in [1.54, 1.807) is 0 Å². The van der Waals surface area contributed by atoms with Gasteiger partial charge in [-0.2, -0.15) is 0 Å². The zero-order valence-corrected chi connectivity index (χ0v) is 49.9. The molecule has 0 aliphatic heterocycles. The molecule has 3 N–H and O–H groups in total. The van der Waals surface area contributed by atoms with E-state index >= 15 is 0 Å². The number of hydrogen-bond donors (Lipinski definition) is 3. The van der Waals surface area contributed by atoms with Crippen LogP contribution in [0.1, 0.15) is 393 Å². The molecule has 0 aromatic rings. The van der Waals surface area contributed by atoms with Crippen molar-refractivity contribution < 1.29 is 24.5 Å². The lowest BCUT2D eigenvalue weighted by molar-refractivity contribution is -0.143. The Morgan fingerprint density at radius 1 is 0.329 bits per heavy atom.